The van der Waals surface area contributed by atoms with Crippen LogP contribution in [0.5, 0.6) is 0 Å². The third-order valence-electron chi connectivity index (χ3n) is 6.73. The summed E-state index contributed by atoms with van der Waals surface area (Å²) < 4.78 is 41.5. The molecule has 0 aromatic carbocycles. The Bertz CT molecular complexity index is 1170. The van der Waals surface area contributed by atoms with Gasteiger partial charge in [0.15, 0.2) is 17.3 Å². The van der Waals surface area contributed by atoms with Crippen LogP contribution in [-0.2, 0) is 11.2 Å². The molecule has 2 aliphatic rings. The maximum absolute atomic E-state index is 14.6. The van der Waals surface area contributed by atoms with Gasteiger partial charge >= 0.3 is 0 Å². The van der Waals surface area contributed by atoms with E-state index >= 15 is 0 Å². The number of hydrogen-bond donors (Lipinski definition) is 1. The highest BCUT2D eigenvalue weighted by Crippen LogP contribution is 2.35. The standard InChI is InChI=1S/C23H25F3N6O/c24-17-12-28-22(20-16-5-2-7-27-21(16)31-30-20)29-18(17)10-14-3-1-4-15(9-14)11-19(33)32-8-6-23(25,26)13-32/h2,5,7,12,14-15H,1,3-4,6,8-11,13H2,(H,27,30,31)/t14-,15+/m0/s1. The highest BCUT2D eigenvalue weighted by molar-refractivity contribution is 5.88. The number of halogens is 3. The van der Waals surface area contributed by atoms with E-state index in [1.807, 2.05) is 6.07 Å². The number of aromatic nitrogens is 5. The van der Waals surface area contributed by atoms with Gasteiger partial charge in [-0.1, -0.05) is 12.8 Å². The van der Waals surface area contributed by atoms with E-state index in [4.69, 9.17) is 0 Å². The Labute approximate surface area is 188 Å². The van der Waals surface area contributed by atoms with Crippen molar-refractivity contribution in [2.24, 2.45) is 11.8 Å². The minimum Gasteiger partial charge on any atom is -0.336 e. The lowest BCUT2D eigenvalue weighted by Crippen LogP contribution is -2.33. The Kier molecular flexibility index (Phi) is 5.76. The van der Waals surface area contributed by atoms with Crippen molar-refractivity contribution in [3.8, 4) is 11.5 Å². The van der Waals surface area contributed by atoms with Gasteiger partial charge in [-0.05, 0) is 43.2 Å². The molecule has 3 aromatic heterocycles. The second kappa shape index (κ2) is 8.72. The number of alkyl halides is 2. The first-order chi connectivity index (χ1) is 15.9. The Morgan fingerprint density at radius 2 is 2.09 bits per heavy atom. The molecule has 2 fully saturated rings. The van der Waals surface area contributed by atoms with Crippen LogP contribution in [0.1, 0.15) is 44.2 Å². The smallest absolute Gasteiger partial charge is 0.267 e. The van der Waals surface area contributed by atoms with E-state index in [1.165, 1.54) is 11.1 Å². The van der Waals surface area contributed by atoms with Crippen LogP contribution in [0.2, 0.25) is 0 Å². The summed E-state index contributed by atoms with van der Waals surface area (Å²) in [6.45, 7) is -0.358. The normalized spacial score (nSPS) is 22.7. The van der Waals surface area contributed by atoms with Crippen molar-refractivity contribution in [2.75, 3.05) is 13.1 Å². The summed E-state index contributed by atoms with van der Waals surface area (Å²) in [5.41, 5.74) is 1.47. The average molecular weight is 458 g/mol. The van der Waals surface area contributed by atoms with Crippen molar-refractivity contribution in [2.45, 2.75) is 50.9 Å². The fourth-order valence-electron chi connectivity index (χ4n) is 5.06. The van der Waals surface area contributed by atoms with Gasteiger partial charge in [-0.2, -0.15) is 5.10 Å². The first-order valence-corrected chi connectivity index (χ1v) is 11.3. The molecule has 174 valence electrons. The molecule has 1 N–H and O–H groups in total. The number of hydrogen-bond acceptors (Lipinski definition) is 5. The predicted octanol–water partition coefficient (Wildman–Crippen LogP) is 4.16. The van der Waals surface area contributed by atoms with Crippen molar-refractivity contribution in [3.05, 3.63) is 36.0 Å². The van der Waals surface area contributed by atoms with Crippen molar-refractivity contribution < 1.29 is 18.0 Å². The molecular weight excluding hydrogens is 433 g/mol. The van der Waals surface area contributed by atoms with Crippen LogP contribution in [0.15, 0.2) is 24.5 Å². The molecular formula is C23H25F3N6O. The van der Waals surface area contributed by atoms with Crippen LogP contribution >= 0.6 is 0 Å². The second-order valence-electron chi connectivity index (χ2n) is 9.19. The van der Waals surface area contributed by atoms with Crippen LogP contribution in [0.25, 0.3) is 22.6 Å². The Morgan fingerprint density at radius 3 is 2.91 bits per heavy atom. The molecule has 4 heterocycles. The number of H-pyrrole nitrogens is 1. The summed E-state index contributed by atoms with van der Waals surface area (Å²) in [4.78, 5) is 26.6. The number of pyridine rings is 1. The molecule has 1 saturated carbocycles. The zero-order chi connectivity index (χ0) is 23.0. The molecule has 0 unspecified atom stereocenters. The topological polar surface area (TPSA) is 87.7 Å². The Morgan fingerprint density at radius 1 is 1.24 bits per heavy atom. The van der Waals surface area contributed by atoms with Gasteiger partial charge in [0.1, 0.15) is 5.69 Å². The third-order valence-corrected chi connectivity index (χ3v) is 6.73. The molecule has 1 aliphatic carbocycles. The number of nitrogens with zero attached hydrogens (tertiary/aromatic N) is 5. The van der Waals surface area contributed by atoms with Gasteiger partial charge in [0.2, 0.25) is 5.91 Å². The molecule has 10 heteroatoms. The summed E-state index contributed by atoms with van der Waals surface area (Å²) >= 11 is 0. The molecule has 1 aliphatic heterocycles. The molecule has 1 amide bonds. The number of amides is 1. The molecule has 1 saturated heterocycles. The van der Waals surface area contributed by atoms with E-state index in [-0.39, 0.29) is 37.1 Å². The predicted molar refractivity (Wildman–Crippen MR) is 115 cm³/mol. The summed E-state index contributed by atoms with van der Waals surface area (Å²) in [6.07, 6.45) is 6.76. The molecule has 0 radical (unpaired) electrons. The van der Waals surface area contributed by atoms with Crippen molar-refractivity contribution >= 4 is 16.9 Å². The van der Waals surface area contributed by atoms with Gasteiger partial charge < -0.3 is 4.90 Å². The quantitative estimate of drug-likeness (QED) is 0.620. The van der Waals surface area contributed by atoms with E-state index in [1.54, 1.807) is 12.3 Å². The minimum absolute atomic E-state index is 0.120. The summed E-state index contributed by atoms with van der Waals surface area (Å²) in [6, 6.07) is 3.64. The molecule has 33 heavy (non-hydrogen) atoms. The molecule has 5 rings (SSSR count). The van der Waals surface area contributed by atoms with Gasteiger partial charge in [0, 0.05) is 31.0 Å². The molecule has 0 spiro atoms. The maximum atomic E-state index is 14.6. The van der Waals surface area contributed by atoms with E-state index in [0.717, 1.165) is 31.1 Å². The van der Waals surface area contributed by atoms with Gasteiger partial charge in [-0.3, -0.25) is 9.89 Å². The highest BCUT2D eigenvalue weighted by Gasteiger charge is 2.40. The molecule has 2 atom stereocenters. The number of carbonyl (C=O) groups excluding carboxylic acids is 1. The maximum Gasteiger partial charge on any atom is 0.267 e. The van der Waals surface area contributed by atoms with Gasteiger partial charge in [-0.15, -0.1) is 0 Å². The zero-order valence-electron chi connectivity index (χ0n) is 18.1. The van der Waals surface area contributed by atoms with Crippen LogP contribution in [-0.4, -0.2) is 55.0 Å². The number of likely N-dealkylation sites (tertiary alicyclic amines) is 1. The van der Waals surface area contributed by atoms with Crippen LogP contribution < -0.4 is 0 Å². The summed E-state index contributed by atoms with van der Waals surface area (Å²) in [7, 11) is 0. The zero-order valence-corrected chi connectivity index (χ0v) is 18.1. The molecule has 7 nitrogen and oxygen atoms in total. The first kappa shape index (κ1) is 21.8. The van der Waals surface area contributed by atoms with E-state index in [2.05, 4.69) is 25.1 Å². The lowest BCUT2D eigenvalue weighted by atomic mass is 9.77. The van der Waals surface area contributed by atoms with E-state index < -0.39 is 18.3 Å². The van der Waals surface area contributed by atoms with E-state index in [0.29, 0.717) is 29.3 Å². The lowest BCUT2D eigenvalue weighted by Gasteiger charge is -2.30. The van der Waals surface area contributed by atoms with Crippen molar-refractivity contribution in [1.82, 2.24) is 30.0 Å². The van der Waals surface area contributed by atoms with E-state index in [9.17, 15) is 18.0 Å². The summed E-state index contributed by atoms with van der Waals surface area (Å²) in [5, 5.41) is 7.80. The number of carbonyl (C=O) groups is 1. The van der Waals surface area contributed by atoms with Gasteiger partial charge in [0.05, 0.1) is 18.4 Å². The monoisotopic (exact) mass is 458 g/mol. The number of aromatic amines is 1. The Hall–Kier alpha value is -3.04. The fourth-order valence-corrected chi connectivity index (χ4v) is 5.06. The number of nitrogens with one attached hydrogen (secondary N) is 1. The van der Waals surface area contributed by atoms with Crippen molar-refractivity contribution in [1.29, 1.82) is 0 Å². The second-order valence-corrected chi connectivity index (χ2v) is 9.19. The first-order valence-electron chi connectivity index (χ1n) is 11.3. The van der Waals surface area contributed by atoms with Crippen LogP contribution in [0.4, 0.5) is 13.2 Å². The molecule has 3 aromatic rings. The minimum atomic E-state index is -2.77. The van der Waals surface area contributed by atoms with Crippen molar-refractivity contribution in [3.63, 3.8) is 0 Å². The Balaban J connectivity index is 1.26. The van der Waals surface area contributed by atoms with Gasteiger partial charge in [-0.25, -0.2) is 28.1 Å². The summed E-state index contributed by atoms with van der Waals surface area (Å²) in [5.74, 6) is -2.78. The number of fused-ring (bicyclic) bond motifs is 1. The SMILES string of the molecule is O=C(C[C@@H]1CCC[C@H](Cc2nc(-c3[nH]nc4ncccc34)ncc2F)C1)N1CCC(F)(F)C1. The highest BCUT2D eigenvalue weighted by atomic mass is 19.3. The largest absolute Gasteiger partial charge is 0.336 e. The molecule has 0 bridgehead atoms. The fraction of sp³-hybridized carbons (Fsp3) is 0.522. The van der Waals surface area contributed by atoms with Crippen LogP contribution in [0.3, 0.4) is 0 Å². The lowest BCUT2D eigenvalue weighted by molar-refractivity contribution is -0.133. The number of rotatable bonds is 5. The van der Waals surface area contributed by atoms with Gasteiger partial charge in [0.25, 0.3) is 5.92 Å². The average Bonchev–Trinajstić information content (AvgIpc) is 3.39. The third kappa shape index (κ3) is 4.69. The van der Waals surface area contributed by atoms with Crippen LogP contribution in [0, 0.1) is 17.7 Å².